The summed E-state index contributed by atoms with van der Waals surface area (Å²) < 4.78 is 0. The highest BCUT2D eigenvalue weighted by Gasteiger charge is 2.61. The van der Waals surface area contributed by atoms with Crippen LogP contribution in [0.25, 0.3) is 72.9 Å². The van der Waals surface area contributed by atoms with Gasteiger partial charge in [0, 0.05) is 57.4 Å². The Kier molecular flexibility index (Phi) is 7.17. The van der Waals surface area contributed by atoms with E-state index in [0.717, 1.165) is 63.4 Å². The molecule has 3 heterocycles. The second kappa shape index (κ2) is 12.5. The Hall–Kier alpha value is -6.07. The van der Waals surface area contributed by atoms with Crippen LogP contribution in [0.1, 0.15) is 61.6 Å². The normalized spacial score (nSPS) is 24.0. The molecule has 0 aliphatic heterocycles. The topological polar surface area (TPSA) is 64.5 Å². The van der Waals surface area contributed by atoms with Crippen LogP contribution in [0.4, 0.5) is 0 Å². The van der Waals surface area contributed by atoms with Gasteiger partial charge in [0.2, 0.25) is 0 Å². The summed E-state index contributed by atoms with van der Waals surface area (Å²) in [6.45, 7) is 0. The van der Waals surface area contributed by atoms with Crippen LogP contribution in [0.5, 0.6) is 0 Å². The zero-order chi connectivity index (χ0) is 36.8. The Balaban J connectivity index is 0.992. The van der Waals surface area contributed by atoms with E-state index in [2.05, 4.69) is 121 Å². The highest BCUT2D eigenvalue weighted by Crippen LogP contribution is 2.69. The number of aromatic nitrogens is 5. The van der Waals surface area contributed by atoms with E-state index < -0.39 is 0 Å². The molecule has 5 heteroatoms. The maximum absolute atomic E-state index is 5.24. The van der Waals surface area contributed by atoms with Gasteiger partial charge in [-0.2, -0.15) is 0 Å². The number of pyridine rings is 2. The van der Waals surface area contributed by atoms with Crippen LogP contribution in [-0.4, -0.2) is 24.9 Å². The van der Waals surface area contributed by atoms with E-state index in [1.807, 2.05) is 24.4 Å². The minimum Gasteiger partial charge on any atom is -0.264 e. The zero-order valence-corrected chi connectivity index (χ0v) is 31.3. The summed E-state index contributed by atoms with van der Waals surface area (Å²) in [5.41, 5.74) is 13.2. The molecule has 5 nitrogen and oxygen atoms in total. The molecule has 3 aromatic heterocycles. The predicted octanol–water partition coefficient (Wildman–Crippen LogP) is 11.9. The summed E-state index contributed by atoms with van der Waals surface area (Å²) in [5, 5.41) is 2.25. The average Bonchev–Trinajstić information content (AvgIpc) is 3.55. The quantitative estimate of drug-likeness (QED) is 0.177. The highest BCUT2D eigenvalue weighted by molar-refractivity contribution is 6.04. The Morgan fingerprint density at radius 3 is 1.89 bits per heavy atom. The van der Waals surface area contributed by atoms with Crippen molar-refractivity contribution in [3.63, 3.8) is 0 Å². The summed E-state index contributed by atoms with van der Waals surface area (Å²) in [5.74, 6) is 5.15. The molecule has 0 N–H and O–H groups in total. The Morgan fingerprint density at radius 2 is 1.16 bits per heavy atom. The first-order chi connectivity index (χ1) is 27.7. The third-order valence-electron chi connectivity index (χ3n) is 13.9. The van der Waals surface area contributed by atoms with Crippen LogP contribution >= 0.6 is 0 Å². The molecule has 0 saturated heterocycles. The molecular formula is C51H41N5. The fraction of sp³-hybridized carbons (Fsp3) is 0.235. The van der Waals surface area contributed by atoms with Crippen molar-refractivity contribution in [3.05, 3.63) is 157 Å². The largest absolute Gasteiger partial charge is 0.264 e. The maximum atomic E-state index is 5.24. The fourth-order valence-corrected chi connectivity index (χ4v) is 11.8. The number of allylic oxidation sites excluding steroid dienone is 4. The predicted molar refractivity (Wildman–Crippen MR) is 224 cm³/mol. The lowest BCUT2D eigenvalue weighted by atomic mass is 9.43. The van der Waals surface area contributed by atoms with E-state index in [4.69, 9.17) is 19.9 Å². The summed E-state index contributed by atoms with van der Waals surface area (Å²) >= 11 is 0. The van der Waals surface area contributed by atoms with Crippen LogP contribution in [0, 0.1) is 23.7 Å². The summed E-state index contributed by atoms with van der Waals surface area (Å²) in [6.07, 6.45) is 22.1. The molecule has 4 fully saturated rings. The first-order valence-corrected chi connectivity index (χ1v) is 20.5. The van der Waals surface area contributed by atoms with E-state index in [0.29, 0.717) is 29.3 Å². The maximum Gasteiger partial charge on any atom is 0.164 e. The molecule has 6 aliphatic rings. The van der Waals surface area contributed by atoms with Crippen molar-refractivity contribution in [2.75, 3.05) is 0 Å². The van der Waals surface area contributed by atoms with Crippen molar-refractivity contribution in [1.29, 1.82) is 0 Å². The highest BCUT2D eigenvalue weighted by atomic mass is 15.0. The minimum atomic E-state index is 0.0613. The van der Waals surface area contributed by atoms with Gasteiger partial charge >= 0.3 is 0 Å². The first kappa shape index (κ1) is 32.2. The molecule has 0 radical (unpaired) electrons. The summed E-state index contributed by atoms with van der Waals surface area (Å²) in [4.78, 5) is 25.3. The molecule has 270 valence electrons. The monoisotopic (exact) mass is 723 g/mol. The van der Waals surface area contributed by atoms with Gasteiger partial charge < -0.3 is 0 Å². The molecular weight excluding hydrogens is 683 g/mol. The van der Waals surface area contributed by atoms with Gasteiger partial charge in [-0.3, -0.25) is 9.97 Å². The number of hydrogen-bond acceptors (Lipinski definition) is 5. The standard InChI is InChI=1S/C51H41N5/c1-3-9-33(10-4-1)34-15-17-36(18-16-34)49-54-48(35-11-5-2-6-12-35)55-50(56-49)42-20-19-41(39-13-7-8-14-40(39)42)47-28-46-44(30-53-47)43-29-52-22-21-45(43)51(46)37-24-31-23-32(26-37)27-38(51)25-31/h2-3,5-22,28-32,37-38H,1,4,23-27H2. The number of nitrogens with zero attached hydrogens (tertiary/aromatic N) is 5. The van der Waals surface area contributed by atoms with Gasteiger partial charge in [0.05, 0.1) is 5.69 Å². The third kappa shape index (κ3) is 4.82. The van der Waals surface area contributed by atoms with Crippen molar-refractivity contribution in [3.8, 4) is 56.5 Å². The van der Waals surface area contributed by atoms with Crippen LogP contribution in [0.2, 0.25) is 0 Å². The van der Waals surface area contributed by atoms with E-state index in [1.165, 1.54) is 65.5 Å². The number of benzene rings is 4. The molecule has 6 aliphatic carbocycles. The van der Waals surface area contributed by atoms with Crippen molar-refractivity contribution in [1.82, 2.24) is 24.9 Å². The molecule has 13 rings (SSSR count). The van der Waals surface area contributed by atoms with Gasteiger partial charge in [0.1, 0.15) is 0 Å². The molecule has 7 aromatic rings. The second-order valence-corrected chi connectivity index (χ2v) is 16.8. The van der Waals surface area contributed by atoms with E-state index in [9.17, 15) is 0 Å². The molecule has 56 heavy (non-hydrogen) atoms. The van der Waals surface area contributed by atoms with Crippen molar-refractivity contribution < 1.29 is 0 Å². The Morgan fingerprint density at radius 1 is 0.518 bits per heavy atom. The van der Waals surface area contributed by atoms with Crippen LogP contribution < -0.4 is 0 Å². The Bertz CT molecular complexity index is 2740. The Labute approximate surface area is 327 Å². The fourth-order valence-electron chi connectivity index (χ4n) is 11.8. The smallest absolute Gasteiger partial charge is 0.164 e. The van der Waals surface area contributed by atoms with Gasteiger partial charge in [0.15, 0.2) is 17.5 Å². The lowest BCUT2D eigenvalue weighted by Crippen LogP contribution is -2.55. The second-order valence-electron chi connectivity index (χ2n) is 16.8. The molecule has 4 aromatic carbocycles. The van der Waals surface area contributed by atoms with Crippen molar-refractivity contribution >= 4 is 16.3 Å². The van der Waals surface area contributed by atoms with E-state index >= 15 is 0 Å². The van der Waals surface area contributed by atoms with Gasteiger partial charge in [0.25, 0.3) is 0 Å². The molecule has 0 unspecified atom stereocenters. The zero-order valence-electron chi connectivity index (χ0n) is 31.3. The summed E-state index contributed by atoms with van der Waals surface area (Å²) in [6, 6.07) is 36.8. The first-order valence-electron chi connectivity index (χ1n) is 20.5. The lowest BCUT2D eigenvalue weighted by molar-refractivity contribution is -0.0399. The minimum absolute atomic E-state index is 0.0613. The molecule has 1 spiro atoms. The SMILES string of the molecule is C1=CC(c2ccc(-c3nc(-c4ccccc4)nc(-c4ccc(-c5cc6c(cn5)-c5cnccc5C65C6CC7CC(C6)CC5C7)c5ccccc45)n3)cc2)=CCC1. The molecule has 0 atom stereocenters. The lowest BCUT2D eigenvalue weighted by Gasteiger charge is -2.61. The third-order valence-corrected chi connectivity index (χ3v) is 13.9. The summed E-state index contributed by atoms with van der Waals surface area (Å²) in [7, 11) is 0. The number of rotatable bonds is 5. The molecule has 4 saturated carbocycles. The van der Waals surface area contributed by atoms with Crippen LogP contribution in [0.15, 0.2) is 140 Å². The molecule has 4 bridgehead atoms. The van der Waals surface area contributed by atoms with Crippen molar-refractivity contribution in [2.24, 2.45) is 23.7 Å². The van der Waals surface area contributed by atoms with Gasteiger partial charge in [-0.1, -0.05) is 103 Å². The number of hydrogen-bond donors (Lipinski definition) is 0. The number of fused-ring (bicyclic) bond motifs is 4. The molecule has 0 amide bonds. The van der Waals surface area contributed by atoms with Gasteiger partial charge in [-0.15, -0.1) is 0 Å². The van der Waals surface area contributed by atoms with E-state index in [-0.39, 0.29) is 5.41 Å². The van der Waals surface area contributed by atoms with Gasteiger partial charge in [-0.25, -0.2) is 15.0 Å². The van der Waals surface area contributed by atoms with Crippen molar-refractivity contribution in [2.45, 2.75) is 50.4 Å². The average molecular weight is 724 g/mol. The van der Waals surface area contributed by atoms with Gasteiger partial charge in [-0.05, 0) is 120 Å². The van der Waals surface area contributed by atoms with Crippen LogP contribution in [0.3, 0.4) is 0 Å². The van der Waals surface area contributed by atoms with E-state index in [1.54, 1.807) is 0 Å². The van der Waals surface area contributed by atoms with Crippen LogP contribution in [-0.2, 0) is 5.41 Å².